The fraction of sp³-hybridized carbons (Fsp3) is 0.929. The molecule has 106 valence electrons. The van der Waals surface area contributed by atoms with Gasteiger partial charge in [0.05, 0.1) is 5.41 Å². The third kappa shape index (κ3) is 3.95. The zero-order valence-corrected chi connectivity index (χ0v) is 12.3. The predicted molar refractivity (Wildman–Crippen MR) is 75.3 cm³/mol. The molecule has 18 heavy (non-hydrogen) atoms. The summed E-state index contributed by atoms with van der Waals surface area (Å²) in [5, 5.41) is 3.07. The highest BCUT2D eigenvalue weighted by atomic mass is 16.2. The topological polar surface area (TPSA) is 58.4 Å². The molecule has 3 N–H and O–H groups in total. The molecule has 1 aliphatic rings. The van der Waals surface area contributed by atoms with Gasteiger partial charge in [0, 0.05) is 19.1 Å². The molecule has 1 amide bonds. The third-order valence-corrected chi connectivity index (χ3v) is 3.98. The first-order chi connectivity index (χ1) is 8.38. The minimum absolute atomic E-state index is 0.0647. The normalized spacial score (nSPS) is 19.2. The van der Waals surface area contributed by atoms with E-state index in [4.69, 9.17) is 5.73 Å². The van der Waals surface area contributed by atoms with Gasteiger partial charge in [0.1, 0.15) is 0 Å². The summed E-state index contributed by atoms with van der Waals surface area (Å²) in [4.78, 5) is 14.5. The Labute approximate surface area is 111 Å². The summed E-state index contributed by atoms with van der Waals surface area (Å²) in [6.45, 7) is 11.7. The van der Waals surface area contributed by atoms with E-state index in [0.717, 1.165) is 6.54 Å². The van der Waals surface area contributed by atoms with Crippen molar-refractivity contribution in [3.8, 4) is 0 Å². The molecule has 0 spiro atoms. The van der Waals surface area contributed by atoms with Gasteiger partial charge in [-0.2, -0.15) is 0 Å². The van der Waals surface area contributed by atoms with Gasteiger partial charge in [-0.05, 0) is 45.7 Å². The van der Waals surface area contributed by atoms with E-state index in [-0.39, 0.29) is 5.91 Å². The molecule has 1 unspecified atom stereocenters. The first-order valence-corrected chi connectivity index (χ1v) is 7.11. The molecule has 1 saturated heterocycles. The molecule has 4 nitrogen and oxygen atoms in total. The monoisotopic (exact) mass is 255 g/mol. The SMILES string of the molecule is CC(C)C(CNC(=O)C(C)(C)CN)N1CCCC1. The third-order valence-electron chi connectivity index (χ3n) is 3.98. The molecule has 0 aromatic heterocycles. The van der Waals surface area contributed by atoms with E-state index in [2.05, 4.69) is 24.1 Å². The average molecular weight is 255 g/mol. The molecule has 0 aliphatic carbocycles. The van der Waals surface area contributed by atoms with Gasteiger partial charge in [0.2, 0.25) is 5.91 Å². The maximum atomic E-state index is 12.0. The van der Waals surface area contributed by atoms with Crippen LogP contribution in [0.2, 0.25) is 0 Å². The molecular formula is C14H29N3O. The van der Waals surface area contributed by atoms with E-state index in [9.17, 15) is 4.79 Å². The quantitative estimate of drug-likeness (QED) is 0.750. The Bertz CT molecular complexity index is 270. The van der Waals surface area contributed by atoms with Gasteiger partial charge in [-0.15, -0.1) is 0 Å². The lowest BCUT2D eigenvalue weighted by Gasteiger charge is -2.32. The fourth-order valence-electron chi connectivity index (χ4n) is 2.39. The summed E-state index contributed by atoms with van der Waals surface area (Å²) < 4.78 is 0. The minimum Gasteiger partial charge on any atom is -0.354 e. The van der Waals surface area contributed by atoms with E-state index in [0.29, 0.717) is 18.5 Å². The number of nitrogens with zero attached hydrogens (tertiary/aromatic N) is 1. The Balaban J connectivity index is 2.50. The van der Waals surface area contributed by atoms with Crippen molar-refractivity contribution in [2.24, 2.45) is 17.1 Å². The molecule has 0 saturated carbocycles. The molecule has 1 fully saturated rings. The molecule has 0 radical (unpaired) electrons. The van der Waals surface area contributed by atoms with Crippen molar-refractivity contribution in [2.45, 2.75) is 46.6 Å². The number of hydrogen-bond acceptors (Lipinski definition) is 3. The van der Waals surface area contributed by atoms with Crippen LogP contribution in [0.15, 0.2) is 0 Å². The van der Waals surface area contributed by atoms with Crippen LogP contribution in [0.1, 0.15) is 40.5 Å². The first-order valence-electron chi connectivity index (χ1n) is 7.11. The molecule has 0 aromatic carbocycles. The highest BCUT2D eigenvalue weighted by molar-refractivity contribution is 5.82. The summed E-state index contributed by atoms with van der Waals surface area (Å²) in [5.74, 6) is 0.624. The molecule has 1 rings (SSSR count). The molecular weight excluding hydrogens is 226 g/mol. The Hall–Kier alpha value is -0.610. The number of hydrogen-bond donors (Lipinski definition) is 2. The molecule has 0 aromatic rings. The lowest BCUT2D eigenvalue weighted by molar-refractivity contribution is -0.129. The summed E-state index contributed by atoms with van der Waals surface area (Å²) in [5.41, 5.74) is 5.16. The zero-order valence-electron chi connectivity index (χ0n) is 12.3. The highest BCUT2D eigenvalue weighted by Crippen LogP contribution is 2.18. The van der Waals surface area contributed by atoms with Gasteiger partial charge >= 0.3 is 0 Å². The minimum atomic E-state index is -0.466. The summed E-state index contributed by atoms with van der Waals surface area (Å²) in [7, 11) is 0. The smallest absolute Gasteiger partial charge is 0.226 e. The molecule has 0 bridgehead atoms. The van der Waals surface area contributed by atoms with Crippen LogP contribution in [0.5, 0.6) is 0 Å². The van der Waals surface area contributed by atoms with Crippen molar-refractivity contribution >= 4 is 5.91 Å². The van der Waals surface area contributed by atoms with Crippen molar-refractivity contribution < 1.29 is 4.79 Å². The first kappa shape index (κ1) is 15.4. The maximum Gasteiger partial charge on any atom is 0.226 e. The van der Waals surface area contributed by atoms with Gasteiger partial charge in [-0.25, -0.2) is 0 Å². The second-order valence-electron chi connectivity index (χ2n) is 6.35. The molecule has 1 heterocycles. The number of nitrogens with one attached hydrogen (secondary N) is 1. The van der Waals surface area contributed by atoms with Crippen LogP contribution >= 0.6 is 0 Å². The Kier molecular flexibility index (Phi) is 5.60. The van der Waals surface area contributed by atoms with Crippen molar-refractivity contribution in [1.82, 2.24) is 10.2 Å². The van der Waals surface area contributed by atoms with E-state index >= 15 is 0 Å². The van der Waals surface area contributed by atoms with Crippen molar-refractivity contribution in [3.05, 3.63) is 0 Å². The van der Waals surface area contributed by atoms with E-state index in [1.54, 1.807) is 0 Å². The lowest BCUT2D eigenvalue weighted by atomic mass is 9.92. The van der Waals surface area contributed by atoms with Gasteiger partial charge in [0.15, 0.2) is 0 Å². The number of carbonyl (C=O) groups excluding carboxylic acids is 1. The van der Waals surface area contributed by atoms with Gasteiger partial charge in [-0.3, -0.25) is 9.69 Å². The maximum absolute atomic E-state index is 12.0. The van der Waals surface area contributed by atoms with Gasteiger partial charge in [0.25, 0.3) is 0 Å². The summed E-state index contributed by atoms with van der Waals surface area (Å²) in [6.07, 6.45) is 2.57. The summed E-state index contributed by atoms with van der Waals surface area (Å²) in [6, 6.07) is 0.449. The Morgan fingerprint density at radius 2 is 1.89 bits per heavy atom. The molecule has 4 heteroatoms. The van der Waals surface area contributed by atoms with Gasteiger partial charge in [-0.1, -0.05) is 13.8 Å². The predicted octanol–water partition coefficient (Wildman–Crippen LogP) is 1.21. The second kappa shape index (κ2) is 6.53. The standard InChI is InChI=1S/C14H29N3O/c1-11(2)12(17-7-5-6-8-17)9-16-13(18)14(3,4)10-15/h11-12H,5-10,15H2,1-4H3,(H,16,18). The highest BCUT2D eigenvalue weighted by Gasteiger charge is 2.29. The summed E-state index contributed by atoms with van der Waals surface area (Å²) >= 11 is 0. The van der Waals surface area contributed by atoms with Crippen LogP contribution in [0.25, 0.3) is 0 Å². The van der Waals surface area contributed by atoms with Crippen molar-refractivity contribution in [2.75, 3.05) is 26.2 Å². The van der Waals surface area contributed by atoms with Crippen LogP contribution in [-0.2, 0) is 4.79 Å². The zero-order chi connectivity index (χ0) is 13.8. The van der Waals surface area contributed by atoms with Crippen molar-refractivity contribution in [1.29, 1.82) is 0 Å². The number of nitrogens with two attached hydrogens (primary N) is 1. The van der Waals surface area contributed by atoms with Crippen LogP contribution in [0.4, 0.5) is 0 Å². The van der Waals surface area contributed by atoms with Crippen LogP contribution in [0.3, 0.4) is 0 Å². The number of rotatable bonds is 6. The van der Waals surface area contributed by atoms with E-state index in [1.807, 2.05) is 13.8 Å². The number of amides is 1. The molecule has 1 atom stereocenters. The van der Waals surface area contributed by atoms with E-state index < -0.39 is 5.41 Å². The fourth-order valence-corrected chi connectivity index (χ4v) is 2.39. The van der Waals surface area contributed by atoms with Crippen LogP contribution in [-0.4, -0.2) is 43.0 Å². The lowest BCUT2D eigenvalue weighted by Crippen LogP contribution is -2.49. The van der Waals surface area contributed by atoms with E-state index in [1.165, 1.54) is 25.9 Å². The molecule has 1 aliphatic heterocycles. The largest absolute Gasteiger partial charge is 0.354 e. The second-order valence-corrected chi connectivity index (χ2v) is 6.35. The van der Waals surface area contributed by atoms with Gasteiger partial charge < -0.3 is 11.1 Å². The average Bonchev–Trinajstić information content (AvgIpc) is 2.82. The van der Waals surface area contributed by atoms with Crippen LogP contribution < -0.4 is 11.1 Å². The number of carbonyl (C=O) groups is 1. The number of likely N-dealkylation sites (tertiary alicyclic amines) is 1. The van der Waals surface area contributed by atoms with Crippen LogP contribution in [0, 0.1) is 11.3 Å². The Morgan fingerprint density at radius 1 is 1.33 bits per heavy atom. The van der Waals surface area contributed by atoms with Crippen molar-refractivity contribution in [3.63, 3.8) is 0 Å². The Morgan fingerprint density at radius 3 is 2.33 bits per heavy atom.